The Labute approximate surface area is 96.3 Å². The second kappa shape index (κ2) is 4.26. The average molecular weight is 217 g/mol. The van der Waals surface area contributed by atoms with Crippen LogP contribution in [0.5, 0.6) is 0 Å². The van der Waals surface area contributed by atoms with Gasteiger partial charge >= 0.3 is 0 Å². The van der Waals surface area contributed by atoms with Gasteiger partial charge in [-0.15, -0.1) is 0 Å². The van der Waals surface area contributed by atoms with Gasteiger partial charge in [0.1, 0.15) is 5.82 Å². The van der Waals surface area contributed by atoms with E-state index >= 15 is 0 Å². The van der Waals surface area contributed by atoms with Crippen LogP contribution in [0.25, 0.3) is 5.52 Å². The Kier molecular flexibility index (Phi) is 2.97. The first-order valence-corrected chi connectivity index (χ1v) is 5.80. The van der Waals surface area contributed by atoms with Crippen molar-refractivity contribution in [3.63, 3.8) is 0 Å². The fourth-order valence-electron chi connectivity index (χ4n) is 2.05. The minimum atomic E-state index is 0.184. The van der Waals surface area contributed by atoms with E-state index in [0.29, 0.717) is 5.92 Å². The molecule has 0 bridgehead atoms. The fraction of sp³-hybridized carbons (Fsp3) is 0.462. The van der Waals surface area contributed by atoms with Crippen molar-refractivity contribution in [1.29, 1.82) is 0 Å². The standard InChI is InChI=1S/C13H19N3/c1-9(2)13-15-8-12-11(7-10(3)14)5-4-6-16(12)13/h4-6,8-10H,7,14H2,1-3H3. The molecule has 0 aliphatic heterocycles. The maximum Gasteiger partial charge on any atom is 0.115 e. The highest BCUT2D eigenvalue weighted by Gasteiger charge is 2.10. The van der Waals surface area contributed by atoms with Gasteiger partial charge < -0.3 is 10.1 Å². The topological polar surface area (TPSA) is 43.3 Å². The summed E-state index contributed by atoms with van der Waals surface area (Å²) < 4.78 is 2.17. The SMILES string of the molecule is CC(N)Cc1cccn2c(C(C)C)ncc12. The number of nitrogens with two attached hydrogens (primary N) is 1. The van der Waals surface area contributed by atoms with Crippen LogP contribution in [0.4, 0.5) is 0 Å². The molecule has 0 aliphatic rings. The summed E-state index contributed by atoms with van der Waals surface area (Å²) in [4.78, 5) is 4.48. The maximum absolute atomic E-state index is 5.85. The second-order valence-electron chi connectivity index (χ2n) is 4.74. The Morgan fingerprint density at radius 1 is 1.38 bits per heavy atom. The first kappa shape index (κ1) is 11.1. The maximum atomic E-state index is 5.85. The van der Waals surface area contributed by atoms with Crippen LogP contribution in [-0.4, -0.2) is 15.4 Å². The van der Waals surface area contributed by atoms with Crippen molar-refractivity contribution >= 4 is 5.52 Å². The van der Waals surface area contributed by atoms with Crippen molar-refractivity contribution in [2.45, 2.75) is 39.2 Å². The molecule has 16 heavy (non-hydrogen) atoms. The average Bonchev–Trinajstić information content (AvgIpc) is 2.61. The summed E-state index contributed by atoms with van der Waals surface area (Å²) in [6, 6.07) is 4.38. The highest BCUT2D eigenvalue weighted by molar-refractivity contribution is 5.54. The van der Waals surface area contributed by atoms with Crippen molar-refractivity contribution in [3.8, 4) is 0 Å². The van der Waals surface area contributed by atoms with Crippen LogP contribution in [0.1, 0.15) is 38.1 Å². The molecule has 0 amide bonds. The predicted molar refractivity (Wildman–Crippen MR) is 66.6 cm³/mol. The summed E-state index contributed by atoms with van der Waals surface area (Å²) in [6.45, 7) is 6.35. The van der Waals surface area contributed by atoms with E-state index in [4.69, 9.17) is 5.73 Å². The molecule has 2 N–H and O–H groups in total. The van der Waals surface area contributed by atoms with Crippen molar-refractivity contribution in [2.75, 3.05) is 0 Å². The lowest BCUT2D eigenvalue weighted by molar-refractivity contribution is 0.735. The van der Waals surface area contributed by atoms with Gasteiger partial charge in [0.2, 0.25) is 0 Å². The molecule has 0 spiro atoms. The molecule has 0 fully saturated rings. The molecule has 1 unspecified atom stereocenters. The molecule has 2 aromatic heterocycles. The summed E-state index contributed by atoms with van der Waals surface area (Å²) in [5.41, 5.74) is 8.31. The summed E-state index contributed by atoms with van der Waals surface area (Å²) in [7, 11) is 0. The summed E-state index contributed by atoms with van der Waals surface area (Å²) in [5.74, 6) is 1.55. The number of fused-ring (bicyclic) bond motifs is 1. The molecule has 86 valence electrons. The molecule has 0 saturated carbocycles. The molecule has 0 aliphatic carbocycles. The third-order valence-corrected chi connectivity index (χ3v) is 2.75. The molecule has 0 aromatic carbocycles. The molecular weight excluding hydrogens is 198 g/mol. The highest BCUT2D eigenvalue weighted by atomic mass is 15.0. The number of rotatable bonds is 3. The third-order valence-electron chi connectivity index (χ3n) is 2.75. The van der Waals surface area contributed by atoms with Crippen LogP contribution in [0.15, 0.2) is 24.5 Å². The second-order valence-corrected chi connectivity index (χ2v) is 4.74. The van der Waals surface area contributed by atoms with Crippen LogP contribution in [0.2, 0.25) is 0 Å². The molecule has 2 rings (SSSR count). The molecule has 3 nitrogen and oxygen atoms in total. The van der Waals surface area contributed by atoms with Crippen molar-refractivity contribution < 1.29 is 0 Å². The predicted octanol–water partition coefficient (Wildman–Crippen LogP) is 2.35. The monoisotopic (exact) mass is 217 g/mol. The van der Waals surface area contributed by atoms with E-state index in [-0.39, 0.29) is 6.04 Å². The summed E-state index contributed by atoms with van der Waals surface area (Å²) in [6.07, 6.45) is 4.92. The van der Waals surface area contributed by atoms with Crippen LogP contribution < -0.4 is 5.73 Å². The van der Waals surface area contributed by atoms with E-state index in [2.05, 4.69) is 41.6 Å². The van der Waals surface area contributed by atoms with Gasteiger partial charge in [0.15, 0.2) is 0 Å². The van der Waals surface area contributed by atoms with Gasteiger partial charge in [-0.05, 0) is 25.0 Å². The molecule has 0 radical (unpaired) electrons. The Hall–Kier alpha value is -1.35. The lowest BCUT2D eigenvalue weighted by Crippen LogP contribution is -2.18. The van der Waals surface area contributed by atoms with Gasteiger partial charge in [-0.3, -0.25) is 0 Å². The lowest BCUT2D eigenvalue weighted by atomic mass is 10.1. The third kappa shape index (κ3) is 1.95. The van der Waals surface area contributed by atoms with Crippen LogP contribution in [0, 0.1) is 0 Å². The quantitative estimate of drug-likeness (QED) is 0.857. The molecular formula is C13H19N3. The number of hydrogen-bond donors (Lipinski definition) is 1. The zero-order valence-electron chi connectivity index (χ0n) is 10.1. The van der Waals surface area contributed by atoms with E-state index in [9.17, 15) is 0 Å². The van der Waals surface area contributed by atoms with Crippen LogP contribution in [-0.2, 0) is 6.42 Å². The van der Waals surface area contributed by atoms with Gasteiger partial charge in [0.25, 0.3) is 0 Å². The lowest BCUT2D eigenvalue weighted by Gasteiger charge is -2.09. The van der Waals surface area contributed by atoms with Gasteiger partial charge in [0, 0.05) is 18.2 Å². The number of aromatic nitrogens is 2. The first-order chi connectivity index (χ1) is 7.59. The van der Waals surface area contributed by atoms with Crippen molar-refractivity contribution in [3.05, 3.63) is 35.9 Å². The summed E-state index contributed by atoms with van der Waals surface area (Å²) >= 11 is 0. The van der Waals surface area contributed by atoms with E-state index in [1.807, 2.05) is 13.1 Å². The van der Waals surface area contributed by atoms with E-state index in [0.717, 1.165) is 12.2 Å². The van der Waals surface area contributed by atoms with Gasteiger partial charge in [-0.1, -0.05) is 19.9 Å². The minimum absolute atomic E-state index is 0.184. The number of imidazole rings is 1. The molecule has 1 atom stereocenters. The largest absolute Gasteiger partial charge is 0.328 e. The van der Waals surface area contributed by atoms with Gasteiger partial charge in [0.05, 0.1) is 11.7 Å². The minimum Gasteiger partial charge on any atom is -0.328 e. The smallest absolute Gasteiger partial charge is 0.115 e. The zero-order valence-corrected chi connectivity index (χ0v) is 10.1. The molecule has 3 heteroatoms. The normalized spacial score (nSPS) is 13.6. The van der Waals surface area contributed by atoms with Crippen LogP contribution in [0.3, 0.4) is 0 Å². The molecule has 2 heterocycles. The Morgan fingerprint density at radius 2 is 2.12 bits per heavy atom. The summed E-state index contributed by atoms with van der Waals surface area (Å²) in [5, 5.41) is 0. The highest BCUT2D eigenvalue weighted by Crippen LogP contribution is 2.19. The van der Waals surface area contributed by atoms with Crippen molar-refractivity contribution in [2.24, 2.45) is 5.73 Å². The van der Waals surface area contributed by atoms with Gasteiger partial charge in [-0.2, -0.15) is 0 Å². The number of hydrogen-bond acceptors (Lipinski definition) is 2. The first-order valence-electron chi connectivity index (χ1n) is 5.80. The van der Waals surface area contributed by atoms with Crippen LogP contribution >= 0.6 is 0 Å². The number of pyridine rings is 1. The van der Waals surface area contributed by atoms with Crippen molar-refractivity contribution in [1.82, 2.24) is 9.38 Å². The zero-order chi connectivity index (χ0) is 11.7. The van der Waals surface area contributed by atoms with Gasteiger partial charge in [-0.25, -0.2) is 4.98 Å². The Bertz CT molecular complexity index is 483. The van der Waals surface area contributed by atoms with E-state index in [1.165, 1.54) is 11.1 Å². The number of nitrogens with zero attached hydrogens (tertiary/aromatic N) is 2. The molecule has 2 aromatic rings. The van der Waals surface area contributed by atoms with E-state index < -0.39 is 0 Å². The Balaban J connectivity index is 2.53. The van der Waals surface area contributed by atoms with E-state index in [1.54, 1.807) is 0 Å². The molecule has 0 saturated heterocycles. The fourth-order valence-corrected chi connectivity index (χ4v) is 2.05. The Morgan fingerprint density at radius 3 is 2.75 bits per heavy atom.